The van der Waals surface area contributed by atoms with Crippen LogP contribution in [-0.4, -0.2) is 28.8 Å². The monoisotopic (exact) mass is 419 g/mol. The van der Waals surface area contributed by atoms with E-state index in [2.05, 4.69) is 31.2 Å². The van der Waals surface area contributed by atoms with Gasteiger partial charge in [0.1, 0.15) is 5.75 Å². The van der Waals surface area contributed by atoms with Gasteiger partial charge >= 0.3 is 0 Å². The van der Waals surface area contributed by atoms with Gasteiger partial charge in [0.05, 0.1) is 12.2 Å². The number of amides is 1. The van der Waals surface area contributed by atoms with Crippen LogP contribution >= 0.6 is 0 Å². The molecule has 0 fully saturated rings. The van der Waals surface area contributed by atoms with Gasteiger partial charge < -0.3 is 10.1 Å². The summed E-state index contributed by atoms with van der Waals surface area (Å²) < 4.78 is 6.91. The number of hydrogen-bond donors (Lipinski definition) is 1. The summed E-state index contributed by atoms with van der Waals surface area (Å²) in [4.78, 5) is 24.2. The molecule has 162 valence electrons. The highest BCUT2D eigenvalue weighted by Gasteiger charge is 2.13. The van der Waals surface area contributed by atoms with Crippen LogP contribution in [0.1, 0.15) is 31.9 Å². The smallest absolute Gasteiger partial charge is 0.266 e. The fourth-order valence-electron chi connectivity index (χ4n) is 3.04. The van der Waals surface area contributed by atoms with E-state index in [9.17, 15) is 9.59 Å². The third kappa shape index (κ3) is 6.28. The van der Waals surface area contributed by atoms with E-state index in [1.165, 1.54) is 16.3 Å². The standard InChI is InChI=1S/C25H29N3O3/c1-18-5-7-19(8-6-18)22-13-14-24(30)28(27-22)16-15-26-23(29)17-31-21-11-9-20(10-12-21)25(2,3)4/h5-14H,15-17H2,1-4H3,(H,26,29). The van der Waals surface area contributed by atoms with Crippen LogP contribution in [0.25, 0.3) is 11.3 Å². The van der Waals surface area contributed by atoms with Crippen LogP contribution in [0, 0.1) is 6.92 Å². The van der Waals surface area contributed by atoms with Gasteiger partial charge in [-0.2, -0.15) is 5.10 Å². The van der Waals surface area contributed by atoms with Crippen molar-refractivity contribution in [3.63, 3.8) is 0 Å². The number of hydrogen-bond acceptors (Lipinski definition) is 4. The Kier molecular flexibility index (Phi) is 6.90. The summed E-state index contributed by atoms with van der Waals surface area (Å²) in [5, 5.41) is 7.18. The van der Waals surface area contributed by atoms with Gasteiger partial charge in [-0.15, -0.1) is 0 Å². The molecule has 0 unspecified atom stereocenters. The van der Waals surface area contributed by atoms with E-state index in [1.54, 1.807) is 6.07 Å². The lowest BCUT2D eigenvalue weighted by molar-refractivity contribution is -0.123. The van der Waals surface area contributed by atoms with Crippen molar-refractivity contribution < 1.29 is 9.53 Å². The Labute approximate surface area is 182 Å². The molecule has 1 heterocycles. The fourth-order valence-corrected chi connectivity index (χ4v) is 3.04. The fraction of sp³-hybridized carbons (Fsp3) is 0.320. The third-order valence-corrected chi connectivity index (χ3v) is 4.95. The lowest BCUT2D eigenvalue weighted by Gasteiger charge is -2.19. The molecule has 6 heteroatoms. The maximum Gasteiger partial charge on any atom is 0.266 e. The summed E-state index contributed by atoms with van der Waals surface area (Å²) in [5.74, 6) is 0.398. The predicted octanol–water partition coefficient (Wildman–Crippen LogP) is 3.71. The summed E-state index contributed by atoms with van der Waals surface area (Å²) in [5.41, 5.74) is 3.88. The molecule has 1 N–H and O–H groups in total. The Morgan fingerprint density at radius 1 is 1.00 bits per heavy atom. The molecule has 31 heavy (non-hydrogen) atoms. The van der Waals surface area contributed by atoms with Crippen molar-refractivity contribution in [2.45, 2.75) is 39.7 Å². The van der Waals surface area contributed by atoms with E-state index in [1.807, 2.05) is 55.5 Å². The average Bonchev–Trinajstić information content (AvgIpc) is 2.74. The zero-order valence-electron chi connectivity index (χ0n) is 18.5. The molecular weight excluding hydrogens is 390 g/mol. The average molecular weight is 420 g/mol. The summed E-state index contributed by atoms with van der Waals surface area (Å²) in [6.07, 6.45) is 0. The van der Waals surface area contributed by atoms with Crippen molar-refractivity contribution in [2.75, 3.05) is 13.2 Å². The van der Waals surface area contributed by atoms with Crippen molar-refractivity contribution in [1.29, 1.82) is 0 Å². The van der Waals surface area contributed by atoms with Crippen molar-refractivity contribution in [3.05, 3.63) is 82.1 Å². The van der Waals surface area contributed by atoms with Crippen LogP contribution < -0.4 is 15.6 Å². The molecule has 0 radical (unpaired) electrons. The Hall–Kier alpha value is -3.41. The molecule has 0 spiro atoms. The Balaban J connectivity index is 1.50. The number of nitrogens with one attached hydrogen (secondary N) is 1. The van der Waals surface area contributed by atoms with Crippen molar-refractivity contribution in [3.8, 4) is 17.0 Å². The second-order valence-electron chi connectivity index (χ2n) is 8.56. The number of benzene rings is 2. The molecule has 0 atom stereocenters. The number of aromatic nitrogens is 2. The zero-order valence-corrected chi connectivity index (χ0v) is 18.5. The summed E-state index contributed by atoms with van der Waals surface area (Å²) in [6, 6.07) is 18.9. The third-order valence-electron chi connectivity index (χ3n) is 4.95. The SMILES string of the molecule is Cc1ccc(-c2ccc(=O)n(CCNC(=O)COc3ccc(C(C)(C)C)cc3)n2)cc1. The summed E-state index contributed by atoms with van der Waals surface area (Å²) >= 11 is 0. The number of rotatable bonds is 7. The first-order chi connectivity index (χ1) is 14.7. The molecule has 3 rings (SSSR count). The van der Waals surface area contributed by atoms with Gasteiger partial charge in [0, 0.05) is 18.2 Å². The zero-order chi connectivity index (χ0) is 22.4. The van der Waals surface area contributed by atoms with Crippen LogP contribution in [-0.2, 0) is 16.8 Å². The molecule has 1 aromatic heterocycles. The first kappa shape index (κ1) is 22.3. The molecule has 0 aliphatic carbocycles. The maximum atomic E-state index is 12.1. The minimum absolute atomic E-state index is 0.0682. The minimum Gasteiger partial charge on any atom is -0.484 e. The van der Waals surface area contributed by atoms with Gasteiger partial charge in [-0.05, 0) is 36.1 Å². The second kappa shape index (κ2) is 9.60. The lowest BCUT2D eigenvalue weighted by Crippen LogP contribution is -2.34. The molecule has 0 aliphatic rings. The Morgan fingerprint density at radius 2 is 1.68 bits per heavy atom. The molecular formula is C25H29N3O3. The quantitative estimate of drug-likeness (QED) is 0.634. The van der Waals surface area contributed by atoms with Crippen molar-refractivity contribution in [2.24, 2.45) is 0 Å². The van der Waals surface area contributed by atoms with Gasteiger partial charge in [0.25, 0.3) is 11.5 Å². The molecule has 1 amide bonds. The van der Waals surface area contributed by atoms with Crippen LogP contribution in [0.5, 0.6) is 5.75 Å². The van der Waals surface area contributed by atoms with Crippen molar-refractivity contribution >= 4 is 5.91 Å². The van der Waals surface area contributed by atoms with Gasteiger partial charge in [0.2, 0.25) is 0 Å². The second-order valence-corrected chi connectivity index (χ2v) is 8.56. The summed E-state index contributed by atoms with van der Waals surface area (Å²) in [7, 11) is 0. The number of nitrogens with zero attached hydrogens (tertiary/aromatic N) is 2. The highest BCUT2D eigenvalue weighted by atomic mass is 16.5. The van der Waals surface area contributed by atoms with Crippen LogP contribution in [0.3, 0.4) is 0 Å². The van der Waals surface area contributed by atoms with E-state index in [-0.39, 0.29) is 36.6 Å². The first-order valence-electron chi connectivity index (χ1n) is 10.4. The van der Waals surface area contributed by atoms with Gasteiger partial charge in [-0.3, -0.25) is 9.59 Å². The van der Waals surface area contributed by atoms with E-state index in [0.717, 1.165) is 11.1 Å². The van der Waals surface area contributed by atoms with E-state index >= 15 is 0 Å². The van der Waals surface area contributed by atoms with Gasteiger partial charge in [-0.1, -0.05) is 62.7 Å². The molecule has 2 aromatic carbocycles. The van der Waals surface area contributed by atoms with E-state index in [4.69, 9.17) is 4.74 Å². The molecule has 3 aromatic rings. The van der Waals surface area contributed by atoms with Crippen LogP contribution in [0.2, 0.25) is 0 Å². The maximum absolute atomic E-state index is 12.1. The molecule has 0 saturated heterocycles. The number of carbonyl (C=O) groups excluding carboxylic acids is 1. The number of carbonyl (C=O) groups is 1. The van der Waals surface area contributed by atoms with E-state index in [0.29, 0.717) is 11.4 Å². The van der Waals surface area contributed by atoms with Crippen molar-refractivity contribution in [1.82, 2.24) is 15.1 Å². The highest BCUT2D eigenvalue weighted by molar-refractivity contribution is 5.77. The molecule has 0 saturated carbocycles. The minimum atomic E-state index is -0.248. The normalized spacial score (nSPS) is 11.2. The first-order valence-corrected chi connectivity index (χ1v) is 10.4. The highest BCUT2D eigenvalue weighted by Crippen LogP contribution is 2.24. The number of aryl methyl sites for hydroxylation is 1. The Bertz CT molecular complexity index is 1080. The van der Waals surface area contributed by atoms with Crippen LogP contribution in [0.4, 0.5) is 0 Å². The van der Waals surface area contributed by atoms with Gasteiger partial charge in [0.15, 0.2) is 6.61 Å². The van der Waals surface area contributed by atoms with Gasteiger partial charge in [-0.25, -0.2) is 4.68 Å². The van der Waals surface area contributed by atoms with E-state index < -0.39 is 0 Å². The topological polar surface area (TPSA) is 73.2 Å². The molecule has 0 bridgehead atoms. The van der Waals surface area contributed by atoms with Crippen LogP contribution in [0.15, 0.2) is 65.5 Å². The lowest BCUT2D eigenvalue weighted by atomic mass is 9.87. The molecule has 6 nitrogen and oxygen atoms in total. The predicted molar refractivity (Wildman–Crippen MR) is 122 cm³/mol. The number of ether oxygens (including phenoxy) is 1. The Morgan fingerprint density at radius 3 is 2.32 bits per heavy atom. The summed E-state index contributed by atoms with van der Waals surface area (Å²) in [6.45, 7) is 8.94. The largest absolute Gasteiger partial charge is 0.484 e. The molecule has 0 aliphatic heterocycles.